The summed E-state index contributed by atoms with van der Waals surface area (Å²) in [6, 6.07) is 29.9. The van der Waals surface area contributed by atoms with Crippen molar-refractivity contribution in [1.82, 2.24) is 10.2 Å². The van der Waals surface area contributed by atoms with Crippen LogP contribution in [0.3, 0.4) is 0 Å². The summed E-state index contributed by atoms with van der Waals surface area (Å²) in [5.74, 6) is 0.698. The first-order valence-electron chi connectivity index (χ1n) is 12.0. The van der Waals surface area contributed by atoms with Crippen LogP contribution < -0.4 is 10.1 Å². The second-order valence-corrected chi connectivity index (χ2v) is 8.85. The summed E-state index contributed by atoms with van der Waals surface area (Å²) in [5, 5.41) is 3.27. The average Bonchev–Trinajstić information content (AvgIpc) is 2.89. The molecular weight excluding hydrogens is 424 g/mol. The van der Waals surface area contributed by atoms with Gasteiger partial charge in [0.1, 0.15) is 5.75 Å². The number of carbonyl (C=O) groups is 2. The van der Waals surface area contributed by atoms with Crippen LogP contribution in [0.1, 0.15) is 36.8 Å². The summed E-state index contributed by atoms with van der Waals surface area (Å²) in [6.07, 6.45) is 1.33. The molecule has 1 fully saturated rings. The molecule has 1 aliphatic rings. The summed E-state index contributed by atoms with van der Waals surface area (Å²) in [6.45, 7) is 3.24. The Labute approximate surface area is 201 Å². The number of para-hydroxylation sites is 1. The summed E-state index contributed by atoms with van der Waals surface area (Å²) < 4.78 is 5.59. The van der Waals surface area contributed by atoms with Gasteiger partial charge in [-0.05, 0) is 43.0 Å². The molecule has 1 N–H and O–H groups in total. The Hall–Kier alpha value is -3.60. The monoisotopic (exact) mass is 456 g/mol. The number of benzene rings is 3. The third-order valence-electron chi connectivity index (χ3n) is 6.51. The maximum Gasteiger partial charge on any atom is 0.260 e. The van der Waals surface area contributed by atoms with Gasteiger partial charge in [0.05, 0.1) is 0 Å². The van der Waals surface area contributed by atoms with E-state index in [2.05, 4.69) is 36.5 Å². The maximum atomic E-state index is 13.1. The van der Waals surface area contributed by atoms with E-state index in [-0.39, 0.29) is 36.3 Å². The molecule has 1 saturated heterocycles. The fourth-order valence-corrected chi connectivity index (χ4v) is 4.66. The normalized spacial score (nSPS) is 15.1. The molecule has 0 spiro atoms. The first-order chi connectivity index (χ1) is 16.6. The van der Waals surface area contributed by atoms with Crippen molar-refractivity contribution in [3.8, 4) is 5.75 Å². The lowest BCUT2D eigenvalue weighted by Crippen LogP contribution is -2.47. The highest BCUT2D eigenvalue weighted by Gasteiger charge is 2.30. The number of nitrogens with zero attached hydrogens (tertiary/aromatic N) is 1. The SMILES string of the molecule is CC(NC(=O)C1CCN(C(=O)COc2ccccc2)CC1)C(c1ccccc1)c1ccccc1. The van der Waals surface area contributed by atoms with Gasteiger partial charge < -0.3 is 15.0 Å². The van der Waals surface area contributed by atoms with E-state index in [1.807, 2.05) is 66.7 Å². The quantitative estimate of drug-likeness (QED) is 0.537. The third-order valence-corrected chi connectivity index (χ3v) is 6.51. The van der Waals surface area contributed by atoms with Crippen LogP contribution in [0.5, 0.6) is 5.75 Å². The van der Waals surface area contributed by atoms with Crippen LogP contribution >= 0.6 is 0 Å². The Morgan fingerprint density at radius 1 is 0.853 bits per heavy atom. The zero-order valence-corrected chi connectivity index (χ0v) is 19.6. The van der Waals surface area contributed by atoms with Crippen LogP contribution in [0.25, 0.3) is 0 Å². The standard InChI is InChI=1S/C29H32N2O3/c1-22(28(23-11-5-2-6-12-23)24-13-7-3-8-14-24)30-29(33)25-17-19-31(20-18-25)27(32)21-34-26-15-9-4-10-16-26/h2-16,22,25,28H,17-21H2,1H3,(H,30,33). The molecule has 1 unspecified atom stereocenters. The largest absolute Gasteiger partial charge is 0.484 e. The number of amides is 2. The summed E-state index contributed by atoms with van der Waals surface area (Å²) >= 11 is 0. The molecule has 0 aliphatic carbocycles. The highest BCUT2D eigenvalue weighted by molar-refractivity contribution is 5.81. The van der Waals surface area contributed by atoms with E-state index in [0.29, 0.717) is 31.7 Å². The molecule has 3 aromatic rings. The molecule has 2 amide bonds. The molecule has 0 saturated carbocycles. The second-order valence-electron chi connectivity index (χ2n) is 8.85. The van der Waals surface area contributed by atoms with Crippen LogP contribution in [0.4, 0.5) is 0 Å². The van der Waals surface area contributed by atoms with E-state index in [0.717, 1.165) is 0 Å². The lowest BCUT2D eigenvalue weighted by molar-refractivity contribution is -0.137. The number of rotatable bonds is 8. The number of ether oxygens (including phenoxy) is 1. The Kier molecular flexibility index (Phi) is 7.97. The second kappa shape index (κ2) is 11.5. The van der Waals surface area contributed by atoms with Crippen LogP contribution in [0.15, 0.2) is 91.0 Å². The predicted molar refractivity (Wildman–Crippen MR) is 134 cm³/mol. The van der Waals surface area contributed by atoms with Gasteiger partial charge in [-0.15, -0.1) is 0 Å². The molecular formula is C29H32N2O3. The fourth-order valence-electron chi connectivity index (χ4n) is 4.66. The minimum atomic E-state index is -0.0891. The minimum absolute atomic E-state index is 0.0216. The van der Waals surface area contributed by atoms with E-state index in [1.165, 1.54) is 11.1 Å². The number of likely N-dealkylation sites (tertiary alicyclic amines) is 1. The molecule has 1 heterocycles. The zero-order valence-electron chi connectivity index (χ0n) is 19.6. The number of piperidine rings is 1. The maximum absolute atomic E-state index is 13.1. The van der Waals surface area contributed by atoms with Gasteiger partial charge in [-0.25, -0.2) is 0 Å². The van der Waals surface area contributed by atoms with Crippen molar-refractivity contribution in [2.24, 2.45) is 5.92 Å². The van der Waals surface area contributed by atoms with Crippen molar-refractivity contribution in [2.45, 2.75) is 31.7 Å². The summed E-state index contributed by atoms with van der Waals surface area (Å²) in [7, 11) is 0. The molecule has 5 nitrogen and oxygen atoms in total. The Morgan fingerprint density at radius 2 is 1.35 bits per heavy atom. The molecule has 1 aliphatic heterocycles. The van der Waals surface area contributed by atoms with Crippen molar-refractivity contribution < 1.29 is 14.3 Å². The van der Waals surface area contributed by atoms with Gasteiger partial charge in [-0.2, -0.15) is 0 Å². The van der Waals surface area contributed by atoms with Crippen molar-refractivity contribution in [2.75, 3.05) is 19.7 Å². The molecule has 5 heteroatoms. The van der Waals surface area contributed by atoms with Gasteiger partial charge in [0.2, 0.25) is 5.91 Å². The topological polar surface area (TPSA) is 58.6 Å². The van der Waals surface area contributed by atoms with Crippen molar-refractivity contribution in [1.29, 1.82) is 0 Å². The summed E-state index contributed by atoms with van der Waals surface area (Å²) in [5.41, 5.74) is 2.36. The number of carbonyl (C=O) groups excluding carboxylic acids is 2. The lowest BCUT2D eigenvalue weighted by atomic mass is 9.85. The van der Waals surface area contributed by atoms with E-state index in [4.69, 9.17) is 4.74 Å². The smallest absolute Gasteiger partial charge is 0.260 e. The van der Waals surface area contributed by atoms with E-state index >= 15 is 0 Å². The fraction of sp³-hybridized carbons (Fsp3) is 0.310. The van der Waals surface area contributed by atoms with Crippen molar-refractivity contribution >= 4 is 11.8 Å². The van der Waals surface area contributed by atoms with E-state index in [9.17, 15) is 9.59 Å². The van der Waals surface area contributed by atoms with Crippen LogP contribution in [0.2, 0.25) is 0 Å². The summed E-state index contributed by atoms with van der Waals surface area (Å²) in [4.78, 5) is 27.5. The third kappa shape index (κ3) is 6.04. The van der Waals surface area contributed by atoms with Crippen LogP contribution in [-0.4, -0.2) is 42.5 Å². The molecule has 0 bridgehead atoms. The molecule has 0 radical (unpaired) electrons. The Morgan fingerprint density at radius 3 is 1.88 bits per heavy atom. The van der Waals surface area contributed by atoms with Gasteiger partial charge in [-0.3, -0.25) is 9.59 Å². The molecule has 176 valence electrons. The van der Waals surface area contributed by atoms with Crippen molar-refractivity contribution in [3.05, 3.63) is 102 Å². The first kappa shape index (κ1) is 23.6. The van der Waals surface area contributed by atoms with Gasteiger partial charge in [-0.1, -0.05) is 78.9 Å². The number of hydrogen-bond acceptors (Lipinski definition) is 3. The average molecular weight is 457 g/mol. The number of nitrogens with one attached hydrogen (secondary N) is 1. The highest BCUT2D eigenvalue weighted by atomic mass is 16.5. The van der Waals surface area contributed by atoms with Crippen LogP contribution in [0, 0.1) is 5.92 Å². The molecule has 1 atom stereocenters. The van der Waals surface area contributed by atoms with Gasteiger partial charge in [0, 0.05) is 31.0 Å². The first-order valence-corrected chi connectivity index (χ1v) is 12.0. The zero-order chi connectivity index (χ0) is 23.8. The van der Waals surface area contributed by atoms with Gasteiger partial charge in [0.15, 0.2) is 6.61 Å². The lowest BCUT2D eigenvalue weighted by Gasteiger charge is -2.33. The Bertz CT molecular complexity index is 1010. The highest BCUT2D eigenvalue weighted by Crippen LogP contribution is 2.28. The minimum Gasteiger partial charge on any atom is -0.484 e. The molecule has 34 heavy (non-hydrogen) atoms. The molecule has 0 aromatic heterocycles. The van der Waals surface area contributed by atoms with E-state index in [1.54, 1.807) is 4.90 Å². The van der Waals surface area contributed by atoms with Gasteiger partial charge in [0.25, 0.3) is 5.91 Å². The van der Waals surface area contributed by atoms with Crippen LogP contribution in [-0.2, 0) is 9.59 Å². The Balaban J connectivity index is 1.31. The molecule has 3 aromatic carbocycles. The van der Waals surface area contributed by atoms with Gasteiger partial charge >= 0.3 is 0 Å². The van der Waals surface area contributed by atoms with E-state index < -0.39 is 0 Å². The van der Waals surface area contributed by atoms with Crippen molar-refractivity contribution in [3.63, 3.8) is 0 Å². The predicted octanol–water partition coefficient (Wildman–Crippen LogP) is 4.64. The number of hydrogen-bond donors (Lipinski definition) is 1. The molecule has 4 rings (SSSR count).